The van der Waals surface area contributed by atoms with Crippen molar-refractivity contribution in [2.45, 2.75) is 43.4 Å². The molecule has 0 aliphatic carbocycles. The summed E-state index contributed by atoms with van der Waals surface area (Å²) in [5, 5.41) is 28.2. The van der Waals surface area contributed by atoms with Gasteiger partial charge in [0, 0.05) is 14.0 Å². The van der Waals surface area contributed by atoms with Gasteiger partial charge in [-0.15, -0.1) is 0 Å². The quantitative estimate of drug-likeness (QED) is 0.540. The van der Waals surface area contributed by atoms with Crippen molar-refractivity contribution in [2.75, 3.05) is 13.7 Å². The third-order valence-corrected chi connectivity index (χ3v) is 3.18. The Hall–Kier alpha value is -0.770. The van der Waals surface area contributed by atoms with E-state index in [0.717, 1.165) is 0 Å². The molecule has 8 nitrogen and oxygen atoms in total. The molecular formula is C10H16O8. The van der Waals surface area contributed by atoms with Crippen LogP contribution in [0.5, 0.6) is 0 Å². The normalized spacial score (nSPS) is 48.6. The van der Waals surface area contributed by atoms with Gasteiger partial charge >= 0.3 is 5.97 Å². The van der Waals surface area contributed by atoms with Gasteiger partial charge in [-0.3, -0.25) is 0 Å². The number of aliphatic hydroxyl groups is 2. The van der Waals surface area contributed by atoms with Crippen molar-refractivity contribution in [3.05, 3.63) is 0 Å². The van der Waals surface area contributed by atoms with Gasteiger partial charge in [-0.1, -0.05) is 0 Å². The van der Waals surface area contributed by atoms with Crippen LogP contribution in [-0.2, 0) is 23.7 Å². The molecule has 0 amide bonds. The molecule has 2 rings (SSSR count). The number of fused-ring (bicyclic) bond motifs is 1. The Morgan fingerprint density at radius 1 is 1.44 bits per heavy atom. The van der Waals surface area contributed by atoms with Gasteiger partial charge in [0.1, 0.15) is 24.4 Å². The second-order valence-electron chi connectivity index (χ2n) is 4.40. The zero-order valence-electron chi connectivity index (χ0n) is 9.98. The summed E-state index contributed by atoms with van der Waals surface area (Å²) in [5.41, 5.74) is 0. The summed E-state index contributed by atoms with van der Waals surface area (Å²) in [6, 6.07) is 0. The Labute approximate surface area is 103 Å². The van der Waals surface area contributed by atoms with Gasteiger partial charge in [-0.25, -0.2) is 4.79 Å². The number of methoxy groups -OCH3 is 1. The van der Waals surface area contributed by atoms with Crippen LogP contribution in [0, 0.1) is 0 Å². The lowest BCUT2D eigenvalue weighted by Gasteiger charge is -2.48. The molecule has 6 atom stereocenters. The van der Waals surface area contributed by atoms with Gasteiger partial charge in [-0.05, 0) is 0 Å². The van der Waals surface area contributed by atoms with Crippen LogP contribution in [0.3, 0.4) is 0 Å². The molecule has 2 aliphatic rings. The minimum Gasteiger partial charge on any atom is -0.477 e. The number of carbonyl (C=O) groups is 1. The van der Waals surface area contributed by atoms with Crippen LogP contribution in [0.25, 0.3) is 0 Å². The first-order chi connectivity index (χ1) is 8.39. The number of hydrogen-bond acceptors (Lipinski definition) is 7. The maximum absolute atomic E-state index is 11.0. The molecule has 0 radical (unpaired) electrons. The summed E-state index contributed by atoms with van der Waals surface area (Å²) >= 11 is 0. The minimum atomic E-state index is -1.82. The fourth-order valence-corrected chi connectivity index (χ4v) is 2.10. The highest BCUT2D eigenvalue weighted by atomic mass is 16.8. The van der Waals surface area contributed by atoms with Crippen LogP contribution in [0.4, 0.5) is 0 Å². The van der Waals surface area contributed by atoms with Crippen molar-refractivity contribution in [1.82, 2.24) is 0 Å². The highest BCUT2D eigenvalue weighted by Gasteiger charge is 2.54. The first kappa shape index (κ1) is 13.7. The summed E-state index contributed by atoms with van der Waals surface area (Å²) in [7, 11) is 1.33. The molecular weight excluding hydrogens is 248 g/mol. The average Bonchev–Trinajstić information content (AvgIpc) is 2.32. The van der Waals surface area contributed by atoms with Crippen molar-refractivity contribution < 1.29 is 39.1 Å². The number of hydrogen-bond donors (Lipinski definition) is 3. The van der Waals surface area contributed by atoms with E-state index in [1.165, 1.54) is 14.0 Å². The van der Waals surface area contributed by atoms with Crippen molar-refractivity contribution in [2.24, 2.45) is 0 Å². The van der Waals surface area contributed by atoms with Crippen molar-refractivity contribution in [3.63, 3.8) is 0 Å². The van der Waals surface area contributed by atoms with Crippen LogP contribution in [0.1, 0.15) is 6.92 Å². The fourth-order valence-electron chi connectivity index (χ4n) is 2.10. The van der Waals surface area contributed by atoms with Crippen LogP contribution in [0.2, 0.25) is 0 Å². The molecule has 2 heterocycles. The van der Waals surface area contributed by atoms with E-state index in [1.54, 1.807) is 0 Å². The van der Waals surface area contributed by atoms with Crippen molar-refractivity contribution in [3.8, 4) is 0 Å². The number of rotatable bonds is 2. The lowest BCUT2D eigenvalue weighted by Crippen LogP contribution is -2.66. The van der Waals surface area contributed by atoms with E-state index in [9.17, 15) is 15.0 Å². The molecule has 0 unspecified atom stereocenters. The van der Waals surface area contributed by atoms with E-state index in [2.05, 4.69) is 0 Å². The van der Waals surface area contributed by atoms with Crippen LogP contribution < -0.4 is 0 Å². The lowest BCUT2D eigenvalue weighted by atomic mass is 9.97. The first-order valence-electron chi connectivity index (χ1n) is 5.48. The number of ether oxygens (including phenoxy) is 4. The molecule has 2 fully saturated rings. The minimum absolute atomic E-state index is 0.0723. The first-order valence-corrected chi connectivity index (χ1v) is 5.48. The molecule has 18 heavy (non-hydrogen) atoms. The summed E-state index contributed by atoms with van der Waals surface area (Å²) in [6.07, 6.45) is -5.14. The maximum atomic E-state index is 11.0. The van der Waals surface area contributed by atoms with E-state index in [-0.39, 0.29) is 6.61 Å². The van der Waals surface area contributed by atoms with Gasteiger partial charge < -0.3 is 34.3 Å². The monoisotopic (exact) mass is 264 g/mol. The van der Waals surface area contributed by atoms with Crippen LogP contribution >= 0.6 is 0 Å². The summed E-state index contributed by atoms with van der Waals surface area (Å²) in [6.45, 7) is 1.19. The van der Waals surface area contributed by atoms with Gasteiger partial charge in [0.15, 0.2) is 6.29 Å². The molecule has 2 aliphatic heterocycles. The maximum Gasteiger partial charge on any atom is 0.364 e. The Kier molecular flexibility index (Phi) is 3.58. The van der Waals surface area contributed by atoms with Gasteiger partial charge in [-0.2, -0.15) is 0 Å². The van der Waals surface area contributed by atoms with E-state index < -0.39 is 42.5 Å². The number of aliphatic hydroxyl groups excluding tert-OH is 2. The Balaban J connectivity index is 2.20. The molecule has 0 aromatic carbocycles. The molecule has 104 valence electrons. The van der Waals surface area contributed by atoms with Crippen molar-refractivity contribution >= 4 is 5.97 Å². The highest BCUT2D eigenvalue weighted by Crippen LogP contribution is 2.33. The van der Waals surface area contributed by atoms with Crippen molar-refractivity contribution in [1.29, 1.82) is 0 Å². The topological polar surface area (TPSA) is 115 Å². The molecule has 0 spiro atoms. The molecule has 0 saturated carbocycles. The molecule has 0 bridgehead atoms. The number of carboxylic acid groups (broad SMARTS) is 1. The molecule has 2 saturated heterocycles. The largest absolute Gasteiger partial charge is 0.477 e. The predicted octanol–water partition coefficient (Wildman–Crippen LogP) is -1.70. The smallest absolute Gasteiger partial charge is 0.364 e. The zero-order chi connectivity index (χ0) is 13.5. The van der Waals surface area contributed by atoms with E-state index in [1.807, 2.05) is 0 Å². The predicted molar refractivity (Wildman–Crippen MR) is 54.5 cm³/mol. The van der Waals surface area contributed by atoms with Gasteiger partial charge in [0.05, 0.1) is 6.61 Å². The summed E-state index contributed by atoms with van der Waals surface area (Å²) in [4.78, 5) is 11.0. The van der Waals surface area contributed by atoms with Crippen LogP contribution in [0.15, 0.2) is 0 Å². The van der Waals surface area contributed by atoms with Gasteiger partial charge in [0.25, 0.3) is 5.79 Å². The third kappa shape index (κ3) is 2.11. The Bertz CT molecular complexity index is 334. The van der Waals surface area contributed by atoms with E-state index in [0.29, 0.717) is 0 Å². The SMILES string of the molecule is CO[C@@H]1[C@@H](O)[C@H](O)O[C@@H]2CO[C@](C)(C(=O)O)O[C@@H]12. The Morgan fingerprint density at radius 3 is 2.67 bits per heavy atom. The average molecular weight is 264 g/mol. The third-order valence-electron chi connectivity index (χ3n) is 3.18. The summed E-state index contributed by atoms with van der Waals surface area (Å²) < 4.78 is 20.5. The lowest BCUT2D eigenvalue weighted by molar-refractivity contribution is -0.375. The fraction of sp³-hybridized carbons (Fsp3) is 0.900. The van der Waals surface area contributed by atoms with E-state index >= 15 is 0 Å². The zero-order valence-corrected chi connectivity index (χ0v) is 9.98. The molecule has 0 aromatic rings. The number of aliphatic carboxylic acids is 1. The van der Waals surface area contributed by atoms with E-state index in [4.69, 9.17) is 24.1 Å². The molecule has 8 heteroatoms. The summed E-state index contributed by atoms with van der Waals surface area (Å²) in [5.74, 6) is -3.10. The molecule has 0 aromatic heterocycles. The second kappa shape index (κ2) is 4.72. The Morgan fingerprint density at radius 2 is 2.11 bits per heavy atom. The van der Waals surface area contributed by atoms with Crippen LogP contribution in [-0.4, -0.2) is 71.5 Å². The standard InChI is InChI=1S/C10H16O8/c1-10(9(13)14)16-3-4-6(18-10)7(15-2)5(11)8(12)17-4/h4-8,11-12H,3H2,1-2H3,(H,13,14)/t4-,5-,6-,7-,8-,10+/m1/s1. The van der Waals surface area contributed by atoms with Gasteiger partial charge in [0.2, 0.25) is 0 Å². The second-order valence-corrected chi connectivity index (χ2v) is 4.40. The molecule has 3 N–H and O–H groups in total. The number of carboxylic acids is 1. The highest BCUT2D eigenvalue weighted by molar-refractivity contribution is 5.75.